The molecule has 0 saturated carbocycles. The number of rotatable bonds is 11. The van der Waals surface area contributed by atoms with Gasteiger partial charge in [0.1, 0.15) is 0 Å². The number of hydrogen-bond donors (Lipinski definition) is 1. The molecule has 8 nitrogen and oxygen atoms in total. The Morgan fingerprint density at radius 1 is 0.842 bits per heavy atom. The molecule has 0 spiro atoms. The van der Waals surface area contributed by atoms with E-state index in [1.54, 1.807) is 34.5 Å². The molecule has 1 amide bonds. The van der Waals surface area contributed by atoms with Crippen molar-refractivity contribution < 1.29 is 28.5 Å². The van der Waals surface area contributed by atoms with E-state index in [0.717, 1.165) is 27.8 Å². The van der Waals surface area contributed by atoms with Gasteiger partial charge in [-0.1, -0.05) is 42.5 Å². The first-order valence-electron chi connectivity index (χ1n) is 12.0. The predicted octanol–water partition coefficient (Wildman–Crippen LogP) is 6.08. The molecular formula is C29H30N2O6S. The molecule has 0 saturated heterocycles. The molecule has 0 aliphatic rings. The quantitative estimate of drug-likeness (QED) is 0.233. The van der Waals surface area contributed by atoms with Crippen molar-refractivity contribution in [1.29, 1.82) is 0 Å². The van der Waals surface area contributed by atoms with E-state index in [4.69, 9.17) is 23.7 Å². The smallest absolute Gasteiger partial charge is 0.264 e. The maximum Gasteiger partial charge on any atom is 0.264 e. The Labute approximate surface area is 225 Å². The van der Waals surface area contributed by atoms with Crippen LogP contribution in [0.15, 0.2) is 48.5 Å². The lowest BCUT2D eigenvalue weighted by Crippen LogP contribution is -2.20. The van der Waals surface area contributed by atoms with Crippen LogP contribution in [-0.2, 0) is 11.2 Å². The van der Waals surface area contributed by atoms with Crippen molar-refractivity contribution in [2.75, 3.05) is 40.4 Å². The third-order valence-electron chi connectivity index (χ3n) is 5.81. The van der Waals surface area contributed by atoms with Crippen molar-refractivity contribution >= 4 is 44.7 Å². The number of benzene rings is 3. The molecule has 38 heavy (non-hydrogen) atoms. The highest BCUT2D eigenvalue weighted by Gasteiger charge is 2.13. The van der Waals surface area contributed by atoms with Crippen LogP contribution in [0.25, 0.3) is 22.4 Å². The summed E-state index contributed by atoms with van der Waals surface area (Å²) in [4.78, 5) is 17.1. The van der Waals surface area contributed by atoms with E-state index in [-0.39, 0.29) is 12.5 Å². The van der Waals surface area contributed by atoms with Crippen LogP contribution in [0, 0.1) is 0 Å². The first kappa shape index (κ1) is 26.8. The summed E-state index contributed by atoms with van der Waals surface area (Å²) in [6.45, 7) is 1.91. The van der Waals surface area contributed by atoms with Gasteiger partial charge in [-0.25, -0.2) is 4.98 Å². The van der Waals surface area contributed by atoms with E-state index in [9.17, 15) is 4.79 Å². The Bertz CT molecular complexity index is 1440. The van der Waals surface area contributed by atoms with Crippen molar-refractivity contribution in [2.45, 2.75) is 13.3 Å². The third-order valence-corrected chi connectivity index (χ3v) is 6.76. The maximum absolute atomic E-state index is 12.6. The fraction of sp³-hybridized carbons (Fsp3) is 0.241. The Hall–Kier alpha value is -4.24. The van der Waals surface area contributed by atoms with E-state index in [1.165, 1.54) is 16.9 Å². The number of carbonyl (C=O) groups excluding carboxylic acids is 1. The van der Waals surface area contributed by atoms with Crippen molar-refractivity contribution in [3.63, 3.8) is 0 Å². The standard InChI is InChI=1S/C29H30N2O6S/c1-6-18-10-12-26-21(13-18)30-29(38-26)31-27(32)17-37-23-14-19(9-11-22(23)33-2)7-8-20-15-24(34-3)28(36-5)25(16-20)35-4/h7-16H,6,17H2,1-5H3,(H,30,31,32). The zero-order chi connectivity index (χ0) is 27.1. The van der Waals surface area contributed by atoms with E-state index < -0.39 is 0 Å². The van der Waals surface area contributed by atoms with Crippen LogP contribution in [0.3, 0.4) is 0 Å². The van der Waals surface area contributed by atoms with Crippen LogP contribution in [0.1, 0.15) is 23.6 Å². The lowest BCUT2D eigenvalue weighted by Gasteiger charge is -2.13. The Morgan fingerprint density at radius 2 is 1.53 bits per heavy atom. The number of anilines is 1. The van der Waals surface area contributed by atoms with Crippen molar-refractivity contribution in [3.8, 4) is 28.7 Å². The highest BCUT2D eigenvalue weighted by Crippen LogP contribution is 2.39. The van der Waals surface area contributed by atoms with E-state index in [1.807, 2.05) is 48.6 Å². The van der Waals surface area contributed by atoms with E-state index in [2.05, 4.69) is 23.3 Å². The minimum absolute atomic E-state index is 0.188. The van der Waals surface area contributed by atoms with Crippen molar-refractivity contribution in [1.82, 2.24) is 4.98 Å². The molecule has 0 atom stereocenters. The number of nitrogens with one attached hydrogen (secondary N) is 1. The largest absolute Gasteiger partial charge is 0.493 e. The number of aryl methyl sites for hydroxylation is 1. The predicted molar refractivity (Wildman–Crippen MR) is 151 cm³/mol. The average Bonchev–Trinajstić information content (AvgIpc) is 3.35. The molecule has 0 fully saturated rings. The average molecular weight is 535 g/mol. The lowest BCUT2D eigenvalue weighted by atomic mass is 10.1. The molecular weight excluding hydrogens is 504 g/mol. The summed E-state index contributed by atoms with van der Waals surface area (Å²) < 4.78 is 28.5. The molecule has 0 aliphatic heterocycles. The first-order valence-corrected chi connectivity index (χ1v) is 12.8. The van der Waals surface area contributed by atoms with Crippen LogP contribution in [0.2, 0.25) is 0 Å². The molecule has 0 aliphatic carbocycles. The Morgan fingerprint density at radius 3 is 2.18 bits per heavy atom. The molecule has 3 aromatic carbocycles. The molecule has 1 N–H and O–H groups in total. The second kappa shape index (κ2) is 12.3. The summed E-state index contributed by atoms with van der Waals surface area (Å²) in [6.07, 6.45) is 4.76. The fourth-order valence-corrected chi connectivity index (χ4v) is 4.71. The molecule has 0 unspecified atom stereocenters. The number of aromatic nitrogens is 1. The van der Waals surface area contributed by atoms with Gasteiger partial charge in [-0.2, -0.15) is 0 Å². The third kappa shape index (κ3) is 6.18. The minimum atomic E-state index is -0.305. The summed E-state index contributed by atoms with van der Waals surface area (Å²) in [6, 6.07) is 15.4. The number of nitrogens with zero attached hydrogens (tertiary/aromatic N) is 1. The van der Waals surface area contributed by atoms with Crippen LogP contribution in [0.5, 0.6) is 28.7 Å². The molecule has 0 bridgehead atoms. The van der Waals surface area contributed by atoms with Crippen LogP contribution >= 0.6 is 11.3 Å². The minimum Gasteiger partial charge on any atom is -0.493 e. The second-order valence-corrected chi connectivity index (χ2v) is 9.24. The number of ether oxygens (including phenoxy) is 5. The van der Waals surface area contributed by atoms with Gasteiger partial charge < -0.3 is 23.7 Å². The van der Waals surface area contributed by atoms with Gasteiger partial charge in [0.05, 0.1) is 38.7 Å². The van der Waals surface area contributed by atoms with Gasteiger partial charge in [0, 0.05) is 0 Å². The van der Waals surface area contributed by atoms with Crippen molar-refractivity contribution in [2.24, 2.45) is 0 Å². The zero-order valence-electron chi connectivity index (χ0n) is 22.0. The van der Waals surface area contributed by atoms with Gasteiger partial charge in [0.2, 0.25) is 5.75 Å². The number of fused-ring (bicyclic) bond motifs is 1. The summed E-state index contributed by atoms with van der Waals surface area (Å²) in [5.41, 5.74) is 3.79. The van der Waals surface area contributed by atoms with E-state index >= 15 is 0 Å². The van der Waals surface area contributed by atoms with Crippen LogP contribution in [-0.4, -0.2) is 45.9 Å². The molecule has 4 rings (SSSR count). The summed E-state index contributed by atoms with van der Waals surface area (Å²) in [5.74, 6) is 2.33. The van der Waals surface area contributed by atoms with Crippen molar-refractivity contribution in [3.05, 3.63) is 65.2 Å². The van der Waals surface area contributed by atoms with E-state index in [0.29, 0.717) is 33.9 Å². The molecule has 1 aromatic heterocycles. The molecule has 0 radical (unpaired) electrons. The SMILES string of the molecule is CCc1ccc2sc(NC(=O)COc3cc(C=Cc4cc(OC)c(OC)c(OC)c4)ccc3OC)nc2c1. The molecule has 198 valence electrons. The number of amides is 1. The topological polar surface area (TPSA) is 88.1 Å². The molecule has 4 aromatic rings. The number of methoxy groups -OCH3 is 4. The molecule has 9 heteroatoms. The van der Waals surface area contributed by atoms with Gasteiger partial charge in [-0.3, -0.25) is 10.1 Å². The second-order valence-electron chi connectivity index (χ2n) is 8.21. The summed E-state index contributed by atoms with van der Waals surface area (Å²) >= 11 is 1.43. The number of hydrogen-bond acceptors (Lipinski definition) is 8. The number of thiazole rings is 1. The van der Waals surface area contributed by atoms with Gasteiger partial charge in [-0.05, 0) is 59.5 Å². The lowest BCUT2D eigenvalue weighted by molar-refractivity contribution is -0.118. The van der Waals surface area contributed by atoms with Gasteiger partial charge in [0.15, 0.2) is 34.7 Å². The van der Waals surface area contributed by atoms with Gasteiger partial charge >= 0.3 is 0 Å². The zero-order valence-corrected chi connectivity index (χ0v) is 22.8. The van der Waals surface area contributed by atoms with Gasteiger partial charge in [0.25, 0.3) is 5.91 Å². The normalized spacial score (nSPS) is 11.0. The Balaban J connectivity index is 1.46. The first-order chi connectivity index (χ1) is 18.5. The van der Waals surface area contributed by atoms with Gasteiger partial charge in [-0.15, -0.1) is 0 Å². The van der Waals surface area contributed by atoms with Crippen LogP contribution in [0.4, 0.5) is 5.13 Å². The monoisotopic (exact) mass is 534 g/mol. The summed E-state index contributed by atoms with van der Waals surface area (Å²) in [7, 11) is 6.27. The Kier molecular flexibility index (Phi) is 8.70. The maximum atomic E-state index is 12.6. The molecule has 1 heterocycles. The highest BCUT2D eigenvalue weighted by atomic mass is 32.1. The van der Waals surface area contributed by atoms with Crippen LogP contribution < -0.4 is 29.0 Å². The number of carbonyl (C=O) groups is 1. The highest BCUT2D eigenvalue weighted by molar-refractivity contribution is 7.22. The fourth-order valence-electron chi connectivity index (χ4n) is 3.84. The summed E-state index contributed by atoms with van der Waals surface area (Å²) in [5, 5.41) is 3.36.